The van der Waals surface area contributed by atoms with E-state index in [4.69, 9.17) is 14.2 Å². The predicted octanol–water partition coefficient (Wildman–Crippen LogP) is 9.94. The van der Waals surface area contributed by atoms with Gasteiger partial charge in [-0.2, -0.15) is 0 Å². The fourth-order valence-electron chi connectivity index (χ4n) is 8.79. The Labute approximate surface area is 289 Å². The smallest absolute Gasteiger partial charge is 0.270 e. The minimum Gasteiger partial charge on any atom is -0.458 e. The molecule has 0 N–H and O–H groups in total. The summed E-state index contributed by atoms with van der Waals surface area (Å²) >= 11 is 0. The Morgan fingerprint density at radius 2 is 1.12 bits per heavy atom. The van der Waals surface area contributed by atoms with Gasteiger partial charge in [0.15, 0.2) is 0 Å². The maximum absolute atomic E-state index is 6.76. The average Bonchev–Trinajstić information content (AvgIpc) is 3.69. The molecule has 6 heteroatoms. The molecule has 6 aromatic carbocycles. The van der Waals surface area contributed by atoms with Gasteiger partial charge in [0.25, 0.3) is 6.71 Å². The van der Waals surface area contributed by atoms with Crippen LogP contribution in [0.25, 0.3) is 55.0 Å². The molecule has 0 fully saturated rings. The predicted molar refractivity (Wildman–Crippen MR) is 206 cm³/mol. The van der Waals surface area contributed by atoms with Crippen LogP contribution in [-0.4, -0.2) is 15.8 Å². The molecule has 0 spiro atoms. The minimum atomic E-state index is -0.0154. The molecule has 0 bridgehead atoms. The molecule has 3 aliphatic heterocycles. The molecule has 0 radical (unpaired) electrons. The number of allylic oxidation sites excluding steroid dienone is 4. The minimum absolute atomic E-state index is 0.0154. The SMILES string of the molecule is C1=CCCC(n2c3ccccc3c3c2ccc2c4ccccc4n(-c4cc5c6c(c4)Oc4cccc7c4B6c4c(cccc4O5)O7)c23)=C1.CC. The maximum atomic E-state index is 6.76. The lowest BCUT2D eigenvalue weighted by atomic mass is 9.34. The third-order valence-electron chi connectivity index (χ3n) is 10.7. The molecular formula is C44H31BN2O3. The van der Waals surface area contributed by atoms with Crippen molar-refractivity contribution in [3.8, 4) is 40.2 Å². The van der Waals surface area contributed by atoms with Crippen molar-refractivity contribution in [1.82, 2.24) is 9.13 Å². The number of rotatable bonds is 2. The number of hydrogen-bond donors (Lipinski definition) is 0. The lowest BCUT2D eigenvalue weighted by Gasteiger charge is -2.37. The standard InChI is InChI=1S/C42H25BN2O3.C2H6/c1-2-10-24(11-3-1)44-30-15-7-5-13-28(30)38-31(44)21-20-27-26-12-4-6-14-29(26)45(42(27)38)25-22-36-41-37(23-25)48-35-19-9-17-33-40(35)43(41)39-32(46-33)16-8-18-34(39)47-36;1-2/h1-2,4-10,12-23H,3,11H2;1-2H3. The fraction of sp³-hybridized carbons (Fsp3) is 0.0909. The third-order valence-corrected chi connectivity index (χ3v) is 10.7. The van der Waals surface area contributed by atoms with Crippen molar-refractivity contribution in [2.45, 2.75) is 26.7 Å². The van der Waals surface area contributed by atoms with Crippen molar-refractivity contribution in [1.29, 1.82) is 0 Å². The monoisotopic (exact) mass is 646 g/mol. The second-order valence-corrected chi connectivity index (χ2v) is 13.1. The van der Waals surface area contributed by atoms with Crippen LogP contribution >= 0.6 is 0 Å². The quantitative estimate of drug-likeness (QED) is 0.176. The Morgan fingerprint density at radius 3 is 1.76 bits per heavy atom. The molecule has 5 heterocycles. The molecule has 0 amide bonds. The number of para-hydroxylation sites is 2. The first-order chi connectivity index (χ1) is 24.8. The molecule has 50 heavy (non-hydrogen) atoms. The zero-order valence-electron chi connectivity index (χ0n) is 27.7. The summed E-state index contributed by atoms with van der Waals surface area (Å²) in [6.07, 6.45) is 8.75. The van der Waals surface area contributed by atoms with E-state index in [1.54, 1.807) is 0 Å². The van der Waals surface area contributed by atoms with Crippen LogP contribution in [0.5, 0.6) is 34.5 Å². The van der Waals surface area contributed by atoms with Gasteiger partial charge in [0.05, 0.1) is 27.8 Å². The second kappa shape index (κ2) is 10.2. The van der Waals surface area contributed by atoms with E-state index in [9.17, 15) is 0 Å². The molecule has 0 unspecified atom stereocenters. The van der Waals surface area contributed by atoms with E-state index < -0.39 is 0 Å². The summed E-state index contributed by atoms with van der Waals surface area (Å²) in [6.45, 7) is 3.98. The Hall–Kier alpha value is -6.14. The van der Waals surface area contributed by atoms with E-state index in [1.165, 1.54) is 43.8 Å². The lowest BCUT2D eigenvalue weighted by Crippen LogP contribution is -2.59. The van der Waals surface area contributed by atoms with Crippen LogP contribution in [-0.2, 0) is 0 Å². The van der Waals surface area contributed by atoms with Crippen LogP contribution in [0.3, 0.4) is 0 Å². The third kappa shape index (κ3) is 3.52. The number of aromatic nitrogens is 2. The molecule has 0 saturated carbocycles. The van der Waals surface area contributed by atoms with E-state index in [0.717, 1.165) is 74.9 Å². The number of hydrogen-bond acceptors (Lipinski definition) is 3. The van der Waals surface area contributed by atoms with E-state index in [1.807, 2.05) is 38.1 Å². The summed E-state index contributed by atoms with van der Waals surface area (Å²) in [6, 6.07) is 38.8. The van der Waals surface area contributed by atoms with Gasteiger partial charge in [-0.25, -0.2) is 0 Å². The van der Waals surface area contributed by atoms with Crippen LogP contribution < -0.4 is 30.6 Å². The van der Waals surface area contributed by atoms with Crippen molar-refractivity contribution < 1.29 is 14.2 Å². The van der Waals surface area contributed by atoms with Crippen LogP contribution in [0.4, 0.5) is 0 Å². The van der Waals surface area contributed by atoms with Gasteiger partial charge in [0.2, 0.25) is 0 Å². The molecule has 238 valence electrons. The van der Waals surface area contributed by atoms with Gasteiger partial charge < -0.3 is 23.3 Å². The van der Waals surface area contributed by atoms with Crippen LogP contribution in [0.2, 0.25) is 0 Å². The number of benzene rings is 6. The molecule has 0 atom stereocenters. The summed E-state index contributed by atoms with van der Waals surface area (Å²) in [4.78, 5) is 0. The topological polar surface area (TPSA) is 37.5 Å². The molecule has 2 aromatic heterocycles. The normalized spacial score (nSPS) is 14.5. The highest BCUT2D eigenvalue weighted by Crippen LogP contribution is 2.46. The highest BCUT2D eigenvalue weighted by molar-refractivity contribution is 6.99. The number of nitrogens with zero attached hydrogens (tertiary/aromatic N) is 2. The van der Waals surface area contributed by atoms with Gasteiger partial charge in [-0.1, -0.05) is 80.6 Å². The van der Waals surface area contributed by atoms with Crippen LogP contribution in [0.1, 0.15) is 26.7 Å². The second-order valence-electron chi connectivity index (χ2n) is 13.1. The molecule has 8 aromatic rings. The van der Waals surface area contributed by atoms with Crippen LogP contribution in [0, 0.1) is 0 Å². The van der Waals surface area contributed by atoms with Gasteiger partial charge >= 0.3 is 0 Å². The largest absolute Gasteiger partial charge is 0.458 e. The summed E-state index contributed by atoms with van der Waals surface area (Å²) in [7, 11) is 0. The van der Waals surface area contributed by atoms with Gasteiger partial charge in [-0.05, 0) is 61.4 Å². The molecule has 0 saturated heterocycles. The van der Waals surface area contributed by atoms with Crippen LogP contribution in [0.15, 0.2) is 127 Å². The summed E-state index contributed by atoms with van der Waals surface area (Å²) in [5.41, 5.74) is 10.3. The molecule has 5 nitrogen and oxygen atoms in total. The van der Waals surface area contributed by atoms with Gasteiger partial charge in [-0.3, -0.25) is 0 Å². The molecule has 12 rings (SSSR count). The number of ether oxygens (including phenoxy) is 3. The van der Waals surface area contributed by atoms with Crippen molar-refractivity contribution in [3.63, 3.8) is 0 Å². The first kappa shape index (κ1) is 27.8. The van der Waals surface area contributed by atoms with Crippen molar-refractivity contribution >= 4 is 72.4 Å². The highest BCUT2D eigenvalue weighted by atomic mass is 16.5. The zero-order valence-corrected chi connectivity index (χ0v) is 27.7. The van der Waals surface area contributed by atoms with E-state index >= 15 is 0 Å². The summed E-state index contributed by atoms with van der Waals surface area (Å²) in [5.74, 6) is 4.98. The summed E-state index contributed by atoms with van der Waals surface area (Å²) < 4.78 is 24.8. The van der Waals surface area contributed by atoms with E-state index in [2.05, 4.69) is 112 Å². The van der Waals surface area contributed by atoms with Gasteiger partial charge in [0, 0.05) is 55.8 Å². The Morgan fingerprint density at radius 1 is 0.540 bits per heavy atom. The van der Waals surface area contributed by atoms with E-state index in [0.29, 0.717) is 0 Å². The fourth-order valence-corrected chi connectivity index (χ4v) is 8.79. The zero-order chi connectivity index (χ0) is 33.1. The maximum Gasteiger partial charge on any atom is 0.270 e. The number of fused-ring (bicyclic) bond motifs is 7. The molecular weight excluding hydrogens is 615 g/mol. The van der Waals surface area contributed by atoms with Crippen molar-refractivity contribution in [2.75, 3.05) is 0 Å². The molecule has 1 aliphatic carbocycles. The summed E-state index contributed by atoms with van der Waals surface area (Å²) in [5, 5.41) is 4.93. The average molecular weight is 647 g/mol. The Bertz CT molecular complexity index is 2760. The Balaban J connectivity index is 0.00000148. The van der Waals surface area contributed by atoms with Gasteiger partial charge in [0.1, 0.15) is 34.5 Å². The van der Waals surface area contributed by atoms with Crippen molar-refractivity contribution in [3.05, 3.63) is 127 Å². The van der Waals surface area contributed by atoms with E-state index in [-0.39, 0.29) is 6.71 Å². The lowest BCUT2D eigenvalue weighted by molar-refractivity contribution is 0.442. The highest BCUT2D eigenvalue weighted by Gasteiger charge is 2.46. The molecule has 4 aliphatic rings. The van der Waals surface area contributed by atoms with Crippen molar-refractivity contribution in [2.24, 2.45) is 0 Å². The first-order valence-electron chi connectivity index (χ1n) is 17.6. The Kier molecular flexibility index (Phi) is 5.66. The van der Waals surface area contributed by atoms with Gasteiger partial charge in [-0.15, -0.1) is 0 Å². The first-order valence-corrected chi connectivity index (χ1v) is 17.6.